The Bertz CT molecular complexity index is 597. The molecule has 0 fully saturated rings. The minimum Gasteiger partial charge on any atom is -0.508 e. The lowest BCUT2D eigenvalue weighted by Crippen LogP contribution is -2.09. The average molecular weight is 268 g/mol. The molecule has 0 spiro atoms. The number of esters is 1. The van der Waals surface area contributed by atoms with Crippen LogP contribution in [0.5, 0.6) is 5.75 Å². The number of rotatable bonds is 4. The normalized spacial score (nSPS) is 11.7. The van der Waals surface area contributed by atoms with Crippen molar-refractivity contribution in [2.75, 3.05) is 0 Å². The Kier molecular flexibility index (Phi) is 4.20. The number of aromatic hydroxyl groups is 1. The number of benzene rings is 2. The molecule has 1 N–H and O–H groups in total. The highest BCUT2D eigenvalue weighted by molar-refractivity contribution is 5.89. The van der Waals surface area contributed by atoms with Crippen molar-refractivity contribution in [1.82, 2.24) is 0 Å². The van der Waals surface area contributed by atoms with Gasteiger partial charge in [0.15, 0.2) is 0 Å². The fourth-order valence-corrected chi connectivity index (χ4v) is 1.80. The third-order valence-electron chi connectivity index (χ3n) is 3.03. The van der Waals surface area contributed by atoms with E-state index in [1.54, 1.807) is 49.4 Å². The third kappa shape index (κ3) is 3.26. The van der Waals surface area contributed by atoms with Crippen molar-refractivity contribution in [1.29, 1.82) is 0 Å². The summed E-state index contributed by atoms with van der Waals surface area (Å²) in [5, 5.41) is 9.23. The summed E-state index contributed by atoms with van der Waals surface area (Å²) in [6.45, 7) is 5.46. The van der Waals surface area contributed by atoms with Crippen molar-refractivity contribution in [2.24, 2.45) is 0 Å². The van der Waals surface area contributed by atoms with E-state index in [9.17, 15) is 9.90 Å². The number of phenols is 1. The van der Waals surface area contributed by atoms with E-state index in [2.05, 4.69) is 6.58 Å². The van der Waals surface area contributed by atoms with Gasteiger partial charge in [-0.1, -0.05) is 36.9 Å². The van der Waals surface area contributed by atoms with Gasteiger partial charge in [0, 0.05) is 0 Å². The van der Waals surface area contributed by atoms with Crippen LogP contribution in [0.1, 0.15) is 34.5 Å². The molecule has 0 aliphatic heterocycles. The first-order chi connectivity index (χ1) is 9.60. The van der Waals surface area contributed by atoms with Crippen molar-refractivity contribution in [3.63, 3.8) is 0 Å². The third-order valence-corrected chi connectivity index (χ3v) is 3.03. The number of ether oxygens (including phenoxy) is 1. The van der Waals surface area contributed by atoms with Crippen molar-refractivity contribution in [3.05, 3.63) is 71.8 Å². The highest BCUT2D eigenvalue weighted by Crippen LogP contribution is 2.21. The van der Waals surface area contributed by atoms with E-state index in [4.69, 9.17) is 4.74 Å². The average Bonchev–Trinajstić information content (AvgIpc) is 2.48. The summed E-state index contributed by atoms with van der Waals surface area (Å²) in [6, 6.07) is 13.6. The predicted molar refractivity (Wildman–Crippen MR) is 78.5 cm³/mol. The molecule has 102 valence electrons. The van der Waals surface area contributed by atoms with Gasteiger partial charge in [-0.2, -0.15) is 0 Å². The van der Waals surface area contributed by atoms with Crippen LogP contribution in [0.25, 0.3) is 6.08 Å². The van der Waals surface area contributed by atoms with Gasteiger partial charge in [-0.15, -0.1) is 0 Å². The van der Waals surface area contributed by atoms with E-state index in [0.717, 1.165) is 11.1 Å². The highest BCUT2D eigenvalue weighted by Gasteiger charge is 2.13. The minimum absolute atomic E-state index is 0.187. The summed E-state index contributed by atoms with van der Waals surface area (Å²) in [4.78, 5) is 12.0. The van der Waals surface area contributed by atoms with Crippen LogP contribution in [-0.4, -0.2) is 11.1 Å². The van der Waals surface area contributed by atoms with Crippen LogP contribution in [-0.2, 0) is 4.74 Å². The molecule has 2 rings (SSSR count). The van der Waals surface area contributed by atoms with Gasteiger partial charge >= 0.3 is 5.97 Å². The number of carbonyl (C=O) groups excluding carboxylic acids is 1. The molecule has 0 aromatic heterocycles. The van der Waals surface area contributed by atoms with Gasteiger partial charge in [0.2, 0.25) is 0 Å². The van der Waals surface area contributed by atoms with Gasteiger partial charge in [0.1, 0.15) is 11.9 Å². The van der Waals surface area contributed by atoms with Crippen LogP contribution >= 0.6 is 0 Å². The highest BCUT2D eigenvalue weighted by atomic mass is 16.5. The number of phenolic OH excluding ortho intramolecular Hbond substituents is 1. The summed E-state index contributed by atoms with van der Waals surface area (Å²) in [6.07, 6.45) is 1.34. The van der Waals surface area contributed by atoms with E-state index in [0.29, 0.717) is 5.56 Å². The van der Waals surface area contributed by atoms with Crippen LogP contribution in [0.15, 0.2) is 55.1 Å². The lowest BCUT2D eigenvalue weighted by molar-refractivity contribution is 0.0338. The molecule has 0 aliphatic carbocycles. The molecular formula is C17H16O3. The molecule has 2 aromatic carbocycles. The van der Waals surface area contributed by atoms with Gasteiger partial charge in [-0.3, -0.25) is 0 Å². The molecule has 1 unspecified atom stereocenters. The molecule has 3 nitrogen and oxygen atoms in total. The van der Waals surface area contributed by atoms with Gasteiger partial charge < -0.3 is 9.84 Å². The summed E-state index contributed by atoms with van der Waals surface area (Å²) >= 11 is 0. The summed E-state index contributed by atoms with van der Waals surface area (Å²) in [7, 11) is 0. The maximum Gasteiger partial charge on any atom is 0.338 e. The lowest BCUT2D eigenvalue weighted by Gasteiger charge is -2.13. The zero-order valence-corrected chi connectivity index (χ0v) is 11.2. The largest absolute Gasteiger partial charge is 0.508 e. The Balaban J connectivity index is 2.06. The molecule has 0 saturated heterocycles. The monoisotopic (exact) mass is 268 g/mol. The Morgan fingerprint density at radius 1 is 1.15 bits per heavy atom. The Morgan fingerprint density at radius 3 is 2.30 bits per heavy atom. The molecule has 0 radical (unpaired) electrons. The molecule has 0 amide bonds. The Hall–Kier alpha value is -2.55. The molecule has 0 heterocycles. The second-order valence-corrected chi connectivity index (χ2v) is 4.47. The number of hydrogen-bond acceptors (Lipinski definition) is 3. The van der Waals surface area contributed by atoms with Crippen LogP contribution in [0.3, 0.4) is 0 Å². The van der Waals surface area contributed by atoms with Crippen molar-refractivity contribution in [2.45, 2.75) is 13.0 Å². The smallest absolute Gasteiger partial charge is 0.338 e. The van der Waals surface area contributed by atoms with E-state index < -0.39 is 0 Å². The second kappa shape index (κ2) is 6.06. The van der Waals surface area contributed by atoms with Crippen molar-refractivity contribution < 1.29 is 14.6 Å². The number of carbonyl (C=O) groups is 1. The maximum atomic E-state index is 12.0. The Morgan fingerprint density at radius 2 is 1.75 bits per heavy atom. The summed E-state index contributed by atoms with van der Waals surface area (Å²) in [5.41, 5.74) is 2.29. The van der Waals surface area contributed by atoms with Gasteiger partial charge in [-0.25, -0.2) is 4.79 Å². The van der Waals surface area contributed by atoms with Crippen molar-refractivity contribution in [3.8, 4) is 5.75 Å². The molecule has 2 aromatic rings. The first kappa shape index (κ1) is 13.9. The number of hydrogen-bond donors (Lipinski definition) is 1. The lowest BCUT2D eigenvalue weighted by atomic mass is 10.1. The minimum atomic E-state index is -0.374. The van der Waals surface area contributed by atoms with Gasteiger partial charge in [0.25, 0.3) is 0 Å². The Labute approximate surface area is 118 Å². The fourth-order valence-electron chi connectivity index (χ4n) is 1.80. The van der Waals surface area contributed by atoms with Gasteiger partial charge in [-0.05, 0) is 42.3 Å². The molecule has 20 heavy (non-hydrogen) atoms. The fraction of sp³-hybridized carbons (Fsp3) is 0.118. The maximum absolute atomic E-state index is 12.0. The van der Waals surface area contributed by atoms with Gasteiger partial charge in [0.05, 0.1) is 5.56 Å². The van der Waals surface area contributed by atoms with Crippen LogP contribution in [0.4, 0.5) is 0 Å². The zero-order valence-electron chi connectivity index (χ0n) is 11.2. The van der Waals surface area contributed by atoms with Crippen LogP contribution in [0.2, 0.25) is 0 Å². The molecule has 0 aliphatic rings. The summed E-state index contributed by atoms with van der Waals surface area (Å²) in [5.74, 6) is -0.187. The van der Waals surface area contributed by atoms with E-state index in [-0.39, 0.29) is 17.8 Å². The van der Waals surface area contributed by atoms with E-state index >= 15 is 0 Å². The predicted octanol–water partition coefficient (Wildman–Crippen LogP) is 3.95. The standard InChI is InChI=1S/C17H16O3/c1-3-13-4-6-15(7-5-13)17(19)20-12(2)14-8-10-16(18)11-9-14/h3-12,18H,1H2,2H3. The first-order valence-electron chi connectivity index (χ1n) is 6.32. The molecule has 0 bridgehead atoms. The SMILES string of the molecule is C=Cc1ccc(C(=O)OC(C)c2ccc(O)cc2)cc1. The second-order valence-electron chi connectivity index (χ2n) is 4.47. The van der Waals surface area contributed by atoms with E-state index in [1.165, 1.54) is 0 Å². The molecule has 3 heteroatoms. The quantitative estimate of drug-likeness (QED) is 0.854. The van der Waals surface area contributed by atoms with Crippen LogP contribution < -0.4 is 0 Å². The van der Waals surface area contributed by atoms with E-state index in [1.807, 2.05) is 12.1 Å². The first-order valence-corrected chi connectivity index (χ1v) is 6.32. The molecular weight excluding hydrogens is 252 g/mol. The molecule has 1 atom stereocenters. The zero-order chi connectivity index (χ0) is 14.5. The summed E-state index contributed by atoms with van der Waals surface area (Å²) < 4.78 is 5.39. The molecule has 0 saturated carbocycles. The van der Waals surface area contributed by atoms with Crippen molar-refractivity contribution >= 4 is 12.0 Å². The topological polar surface area (TPSA) is 46.5 Å². The van der Waals surface area contributed by atoms with Crippen LogP contribution in [0, 0.1) is 0 Å².